The van der Waals surface area contributed by atoms with Gasteiger partial charge in [0.25, 0.3) is 5.78 Å². The molecular weight excluding hydrogens is 274 g/mol. The topological polar surface area (TPSA) is 109 Å². The summed E-state index contributed by atoms with van der Waals surface area (Å²) in [7, 11) is 0. The minimum atomic E-state index is -1.04. The summed E-state index contributed by atoms with van der Waals surface area (Å²) in [5.41, 5.74) is 0. The van der Waals surface area contributed by atoms with Crippen molar-refractivity contribution in [2.75, 3.05) is 0 Å². The molecule has 0 aromatic carbocycles. The van der Waals surface area contributed by atoms with Crippen LogP contribution in [0.15, 0.2) is 18.5 Å². The van der Waals surface area contributed by atoms with Crippen LogP contribution in [0.2, 0.25) is 0 Å². The summed E-state index contributed by atoms with van der Waals surface area (Å²) in [6, 6.07) is 0.807. The standard InChI is InChI=1S/C13H17N5O3/c1-8(2)6-9(12(20)21)15-11(19)7-10-16-13-14-4-3-5-18(13)17-10/h3-5,8-9H,6-7H2,1-2H3,(H,15,19)(H,20,21)/t9-/m0/s1. The van der Waals surface area contributed by atoms with Gasteiger partial charge in [-0.2, -0.15) is 4.98 Å². The number of nitrogens with one attached hydrogen (secondary N) is 1. The van der Waals surface area contributed by atoms with Crippen LogP contribution in [0.4, 0.5) is 0 Å². The van der Waals surface area contributed by atoms with Crippen LogP contribution in [0.5, 0.6) is 0 Å². The third-order valence-electron chi connectivity index (χ3n) is 2.82. The van der Waals surface area contributed by atoms with Gasteiger partial charge in [-0.05, 0) is 18.4 Å². The fourth-order valence-corrected chi connectivity index (χ4v) is 1.93. The largest absolute Gasteiger partial charge is 0.480 e. The average Bonchev–Trinajstić information content (AvgIpc) is 2.79. The lowest BCUT2D eigenvalue weighted by molar-refractivity contribution is -0.142. The molecular formula is C13H17N5O3. The number of hydrogen-bond acceptors (Lipinski definition) is 5. The first-order valence-corrected chi connectivity index (χ1v) is 6.64. The van der Waals surface area contributed by atoms with E-state index in [2.05, 4.69) is 20.4 Å². The van der Waals surface area contributed by atoms with Crippen molar-refractivity contribution in [2.24, 2.45) is 5.92 Å². The Kier molecular flexibility index (Phi) is 4.46. The molecule has 2 aromatic heterocycles. The van der Waals surface area contributed by atoms with Gasteiger partial charge >= 0.3 is 5.97 Å². The van der Waals surface area contributed by atoms with Crippen LogP contribution < -0.4 is 5.32 Å². The summed E-state index contributed by atoms with van der Waals surface area (Å²) in [5, 5.41) is 15.7. The average molecular weight is 291 g/mol. The van der Waals surface area contributed by atoms with Gasteiger partial charge in [-0.15, -0.1) is 5.10 Å². The molecule has 0 saturated carbocycles. The summed E-state index contributed by atoms with van der Waals surface area (Å²) in [6.07, 6.45) is 3.55. The zero-order valence-corrected chi connectivity index (χ0v) is 11.9. The summed E-state index contributed by atoms with van der Waals surface area (Å²) in [4.78, 5) is 31.1. The van der Waals surface area contributed by atoms with Crippen LogP contribution >= 0.6 is 0 Å². The van der Waals surface area contributed by atoms with Gasteiger partial charge in [0.15, 0.2) is 5.82 Å². The molecule has 0 radical (unpaired) electrons. The van der Waals surface area contributed by atoms with Crippen molar-refractivity contribution in [1.82, 2.24) is 24.9 Å². The Labute approximate surface area is 121 Å². The first-order valence-electron chi connectivity index (χ1n) is 6.64. The minimum absolute atomic E-state index is 0.0781. The second-order valence-electron chi connectivity index (χ2n) is 5.16. The van der Waals surface area contributed by atoms with E-state index < -0.39 is 17.9 Å². The second-order valence-corrected chi connectivity index (χ2v) is 5.16. The van der Waals surface area contributed by atoms with Crippen molar-refractivity contribution in [1.29, 1.82) is 0 Å². The summed E-state index contributed by atoms with van der Waals surface area (Å²) < 4.78 is 1.46. The number of carboxylic acid groups (broad SMARTS) is 1. The lowest BCUT2D eigenvalue weighted by Gasteiger charge is -2.15. The second kappa shape index (κ2) is 6.29. The molecule has 0 aliphatic rings. The molecule has 0 unspecified atom stereocenters. The smallest absolute Gasteiger partial charge is 0.326 e. The maximum Gasteiger partial charge on any atom is 0.326 e. The first-order chi connectivity index (χ1) is 9.95. The Morgan fingerprint density at radius 2 is 2.19 bits per heavy atom. The highest BCUT2D eigenvalue weighted by Gasteiger charge is 2.21. The van der Waals surface area contributed by atoms with Gasteiger partial charge < -0.3 is 10.4 Å². The van der Waals surface area contributed by atoms with Crippen LogP contribution in [0, 0.1) is 5.92 Å². The number of carboxylic acids is 1. The van der Waals surface area contributed by atoms with Crippen molar-refractivity contribution in [3.05, 3.63) is 24.3 Å². The number of nitrogens with zero attached hydrogens (tertiary/aromatic N) is 4. The SMILES string of the molecule is CC(C)C[C@H](NC(=O)Cc1nc2ncccn2n1)C(=O)O. The van der Waals surface area contributed by atoms with E-state index in [1.54, 1.807) is 18.5 Å². The normalized spacial score (nSPS) is 12.5. The molecule has 2 rings (SSSR count). The molecule has 2 heterocycles. The van der Waals surface area contributed by atoms with Gasteiger partial charge in [0.1, 0.15) is 6.04 Å². The number of aliphatic carboxylic acids is 1. The van der Waals surface area contributed by atoms with E-state index in [1.165, 1.54) is 4.52 Å². The highest BCUT2D eigenvalue weighted by atomic mass is 16.4. The van der Waals surface area contributed by atoms with Crippen LogP contribution in [-0.4, -0.2) is 42.6 Å². The van der Waals surface area contributed by atoms with Crippen molar-refractivity contribution < 1.29 is 14.7 Å². The zero-order chi connectivity index (χ0) is 15.4. The third-order valence-corrected chi connectivity index (χ3v) is 2.82. The van der Waals surface area contributed by atoms with E-state index in [9.17, 15) is 9.59 Å². The number of carbonyl (C=O) groups excluding carboxylic acids is 1. The van der Waals surface area contributed by atoms with Crippen molar-refractivity contribution in [2.45, 2.75) is 32.7 Å². The third kappa shape index (κ3) is 3.98. The monoisotopic (exact) mass is 291 g/mol. The number of amides is 1. The molecule has 1 amide bonds. The molecule has 2 aromatic rings. The highest BCUT2D eigenvalue weighted by Crippen LogP contribution is 2.05. The van der Waals surface area contributed by atoms with Gasteiger partial charge in [-0.1, -0.05) is 13.8 Å². The van der Waals surface area contributed by atoms with Crippen molar-refractivity contribution >= 4 is 17.7 Å². The Morgan fingerprint density at radius 1 is 1.43 bits per heavy atom. The number of fused-ring (bicyclic) bond motifs is 1. The number of carbonyl (C=O) groups is 2. The molecule has 0 aliphatic heterocycles. The molecule has 8 heteroatoms. The molecule has 0 aliphatic carbocycles. The maximum atomic E-state index is 11.9. The predicted molar refractivity (Wildman–Crippen MR) is 73.5 cm³/mol. The van der Waals surface area contributed by atoms with E-state index in [-0.39, 0.29) is 12.3 Å². The summed E-state index contributed by atoms with van der Waals surface area (Å²) >= 11 is 0. The van der Waals surface area contributed by atoms with E-state index in [1.807, 2.05) is 13.8 Å². The number of hydrogen-bond donors (Lipinski definition) is 2. The maximum absolute atomic E-state index is 11.9. The molecule has 2 N–H and O–H groups in total. The van der Waals surface area contributed by atoms with Gasteiger partial charge in [0.2, 0.25) is 5.91 Å². The summed E-state index contributed by atoms with van der Waals surface area (Å²) in [5.74, 6) is -0.582. The quantitative estimate of drug-likeness (QED) is 0.791. The van der Waals surface area contributed by atoms with Crippen LogP contribution in [-0.2, 0) is 16.0 Å². The Hall–Kier alpha value is -2.51. The Balaban J connectivity index is 2.01. The van der Waals surface area contributed by atoms with Crippen LogP contribution in [0.1, 0.15) is 26.1 Å². The predicted octanol–water partition coefficient (Wildman–Crippen LogP) is 0.282. The molecule has 0 fully saturated rings. The summed E-state index contributed by atoms with van der Waals surface area (Å²) in [6.45, 7) is 3.80. The van der Waals surface area contributed by atoms with E-state index in [0.717, 1.165) is 0 Å². The number of rotatable bonds is 6. The van der Waals surface area contributed by atoms with Gasteiger partial charge in [0, 0.05) is 12.4 Å². The minimum Gasteiger partial charge on any atom is -0.480 e. The van der Waals surface area contributed by atoms with E-state index in [4.69, 9.17) is 5.11 Å². The fraction of sp³-hybridized carbons (Fsp3) is 0.462. The molecule has 0 saturated heterocycles. The number of aromatic nitrogens is 4. The van der Waals surface area contributed by atoms with Crippen LogP contribution in [0.3, 0.4) is 0 Å². The fourth-order valence-electron chi connectivity index (χ4n) is 1.93. The lowest BCUT2D eigenvalue weighted by Crippen LogP contribution is -2.42. The van der Waals surface area contributed by atoms with Crippen molar-refractivity contribution in [3.8, 4) is 0 Å². The lowest BCUT2D eigenvalue weighted by atomic mass is 10.0. The van der Waals surface area contributed by atoms with Gasteiger partial charge in [0.05, 0.1) is 6.42 Å². The van der Waals surface area contributed by atoms with Gasteiger partial charge in [-0.25, -0.2) is 14.3 Å². The zero-order valence-electron chi connectivity index (χ0n) is 11.9. The molecule has 0 spiro atoms. The Morgan fingerprint density at radius 3 is 2.81 bits per heavy atom. The molecule has 21 heavy (non-hydrogen) atoms. The Bertz CT molecular complexity index is 619. The molecule has 112 valence electrons. The molecule has 8 nitrogen and oxygen atoms in total. The highest BCUT2D eigenvalue weighted by molar-refractivity contribution is 5.84. The van der Waals surface area contributed by atoms with E-state index in [0.29, 0.717) is 18.0 Å². The first kappa shape index (κ1) is 14.9. The van der Waals surface area contributed by atoms with Crippen LogP contribution in [0.25, 0.3) is 5.78 Å². The molecule has 0 bridgehead atoms. The van der Waals surface area contributed by atoms with E-state index >= 15 is 0 Å². The van der Waals surface area contributed by atoms with Gasteiger partial charge in [-0.3, -0.25) is 4.79 Å². The molecule has 1 atom stereocenters. The van der Waals surface area contributed by atoms with Crippen molar-refractivity contribution in [3.63, 3.8) is 0 Å².